The summed E-state index contributed by atoms with van der Waals surface area (Å²) in [6.45, 7) is 2.10. The molecule has 1 N–H and O–H groups in total. The maximum Gasteiger partial charge on any atom is 0.190 e. The normalized spacial score (nSPS) is 23.4. The number of rotatable bonds is 6. The summed E-state index contributed by atoms with van der Waals surface area (Å²) >= 11 is 0. The number of ketones is 1. The molecule has 0 bridgehead atoms. The van der Waals surface area contributed by atoms with E-state index in [0.29, 0.717) is 5.56 Å². The van der Waals surface area contributed by atoms with Gasteiger partial charge in [0.05, 0.1) is 5.69 Å². The molecule has 1 aliphatic rings. The van der Waals surface area contributed by atoms with E-state index >= 15 is 0 Å². The molecule has 4 nitrogen and oxygen atoms in total. The van der Waals surface area contributed by atoms with Crippen molar-refractivity contribution in [1.29, 1.82) is 0 Å². The molecule has 1 aliphatic heterocycles. The third-order valence-electron chi connectivity index (χ3n) is 4.39. The fourth-order valence-corrected chi connectivity index (χ4v) is 3.08. The smallest absolute Gasteiger partial charge is 0.190 e. The first-order chi connectivity index (χ1) is 11.7. The van der Waals surface area contributed by atoms with E-state index in [2.05, 4.69) is 6.92 Å². The molecule has 0 radical (unpaired) electrons. The number of carbonyl (C=O) groups is 1. The highest BCUT2D eigenvalue weighted by atomic mass is 16.7. The van der Waals surface area contributed by atoms with Gasteiger partial charge in [-0.1, -0.05) is 68.3 Å². The third kappa shape index (κ3) is 3.35. The minimum atomic E-state index is -0.843. The fraction of sp³-hybridized carbons (Fsp3) is 0.350. The van der Waals surface area contributed by atoms with Gasteiger partial charge >= 0.3 is 0 Å². The standard InChI is InChI=1S/C20H23NO3/c1-2-3-14-17-20(23)18(19(22)15-10-6-4-7-11-15)21(24-17)16-12-8-5-9-13-16/h4-13,17-18,20,23H,2-3,14H2,1H3/t17-,18+,20-/m1/s1. The zero-order valence-corrected chi connectivity index (χ0v) is 13.8. The Morgan fingerprint density at radius 2 is 1.71 bits per heavy atom. The van der Waals surface area contributed by atoms with Gasteiger partial charge in [-0.3, -0.25) is 9.63 Å². The molecule has 0 saturated carbocycles. The third-order valence-corrected chi connectivity index (χ3v) is 4.39. The van der Waals surface area contributed by atoms with E-state index in [9.17, 15) is 9.90 Å². The van der Waals surface area contributed by atoms with E-state index in [1.54, 1.807) is 17.2 Å². The van der Waals surface area contributed by atoms with Crippen LogP contribution in [-0.4, -0.2) is 29.1 Å². The summed E-state index contributed by atoms with van der Waals surface area (Å²) in [7, 11) is 0. The molecule has 3 rings (SSSR count). The van der Waals surface area contributed by atoms with Crippen molar-refractivity contribution in [3.05, 3.63) is 66.2 Å². The maximum absolute atomic E-state index is 13.0. The molecule has 24 heavy (non-hydrogen) atoms. The van der Waals surface area contributed by atoms with Gasteiger partial charge in [0.2, 0.25) is 0 Å². The number of carbonyl (C=O) groups excluding carboxylic acids is 1. The van der Waals surface area contributed by atoms with Crippen molar-refractivity contribution < 1.29 is 14.7 Å². The van der Waals surface area contributed by atoms with Crippen LogP contribution in [0.2, 0.25) is 0 Å². The summed E-state index contributed by atoms with van der Waals surface area (Å²) in [5.74, 6) is -0.119. The number of para-hydroxylation sites is 1. The molecule has 2 aromatic rings. The predicted octanol–water partition coefficient (Wildman–Crippen LogP) is 3.61. The Morgan fingerprint density at radius 1 is 1.08 bits per heavy atom. The molecule has 126 valence electrons. The van der Waals surface area contributed by atoms with Gasteiger partial charge in [-0.2, -0.15) is 0 Å². The van der Waals surface area contributed by atoms with Gasteiger partial charge in [0.15, 0.2) is 5.78 Å². The lowest BCUT2D eigenvalue weighted by Gasteiger charge is -2.24. The Bertz CT molecular complexity index is 659. The largest absolute Gasteiger partial charge is 0.388 e. The zero-order chi connectivity index (χ0) is 16.9. The summed E-state index contributed by atoms with van der Waals surface area (Å²) in [5.41, 5.74) is 1.37. The highest BCUT2D eigenvalue weighted by Gasteiger charge is 2.46. The molecule has 4 heteroatoms. The monoisotopic (exact) mass is 325 g/mol. The van der Waals surface area contributed by atoms with Crippen LogP contribution in [0.4, 0.5) is 5.69 Å². The van der Waals surface area contributed by atoms with Crippen LogP contribution in [-0.2, 0) is 4.84 Å². The van der Waals surface area contributed by atoms with E-state index in [1.165, 1.54) is 0 Å². The van der Waals surface area contributed by atoms with Gasteiger partial charge in [-0.15, -0.1) is 0 Å². The molecular formula is C20H23NO3. The summed E-state index contributed by atoms with van der Waals surface area (Å²) in [4.78, 5) is 19.0. The second-order valence-corrected chi connectivity index (χ2v) is 6.11. The van der Waals surface area contributed by atoms with E-state index in [0.717, 1.165) is 24.9 Å². The molecule has 0 spiro atoms. The van der Waals surface area contributed by atoms with Gasteiger partial charge in [-0.05, 0) is 18.6 Å². The predicted molar refractivity (Wildman–Crippen MR) is 93.9 cm³/mol. The van der Waals surface area contributed by atoms with Gasteiger partial charge in [0.1, 0.15) is 18.2 Å². The molecular weight excluding hydrogens is 302 g/mol. The van der Waals surface area contributed by atoms with Gasteiger partial charge in [-0.25, -0.2) is 5.06 Å². The molecule has 0 aliphatic carbocycles. The lowest BCUT2D eigenvalue weighted by Crippen LogP contribution is -2.42. The van der Waals surface area contributed by atoms with Crippen molar-refractivity contribution in [3.8, 4) is 0 Å². The summed E-state index contributed by atoms with van der Waals surface area (Å²) < 4.78 is 0. The van der Waals surface area contributed by atoms with E-state index in [-0.39, 0.29) is 11.9 Å². The van der Waals surface area contributed by atoms with E-state index < -0.39 is 12.1 Å². The van der Waals surface area contributed by atoms with Crippen molar-refractivity contribution in [2.45, 2.75) is 44.4 Å². The van der Waals surface area contributed by atoms with Gasteiger partial charge < -0.3 is 5.11 Å². The Balaban J connectivity index is 1.91. The number of aliphatic hydroxyl groups excluding tert-OH is 1. The number of aliphatic hydroxyl groups is 1. The molecule has 1 saturated heterocycles. The van der Waals surface area contributed by atoms with E-state index in [1.807, 2.05) is 48.5 Å². The zero-order valence-electron chi connectivity index (χ0n) is 13.8. The Labute approximate surface area is 142 Å². The molecule has 3 atom stereocenters. The molecule has 0 unspecified atom stereocenters. The highest BCUT2D eigenvalue weighted by molar-refractivity contribution is 6.02. The first kappa shape index (κ1) is 16.7. The number of benzene rings is 2. The SMILES string of the molecule is CCCC[C@H]1ON(c2ccccc2)[C@@H](C(=O)c2ccccc2)[C@@H]1O. The lowest BCUT2D eigenvalue weighted by atomic mass is 9.95. The molecule has 0 amide bonds. The van der Waals surface area contributed by atoms with Crippen LogP contribution in [0.1, 0.15) is 36.5 Å². The average molecular weight is 325 g/mol. The van der Waals surface area contributed by atoms with Crippen molar-refractivity contribution >= 4 is 11.5 Å². The lowest BCUT2D eigenvalue weighted by molar-refractivity contribution is 0.0248. The molecule has 0 aromatic heterocycles. The molecule has 1 heterocycles. The van der Waals surface area contributed by atoms with Crippen LogP contribution >= 0.6 is 0 Å². The number of hydrogen-bond acceptors (Lipinski definition) is 4. The maximum atomic E-state index is 13.0. The summed E-state index contributed by atoms with van der Waals surface area (Å²) in [6, 6.07) is 17.8. The Morgan fingerprint density at radius 3 is 2.33 bits per heavy atom. The number of hydroxylamine groups is 1. The van der Waals surface area contributed by atoms with Crippen LogP contribution in [0, 0.1) is 0 Å². The number of unbranched alkanes of at least 4 members (excludes halogenated alkanes) is 1. The fourth-order valence-electron chi connectivity index (χ4n) is 3.08. The highest BCUT2D eigenvalue weighted by Crippen LogP contribution is 2.32. The topological polar surface area (TPSA) is 49.8 Å². The Kier molecular flexibility index (Phi) is 5.28. The van der Waals surface area contributed by atoms with Crippen molar-refractivity contribution in [2.24, 2.45) is 0 Å². The number of hydrogen-bond donors (Lipinski definition) is 1. The Hall–Kier alpha value is -2.17. The van der Waals surface area contributed by atoms with Crippen LogP contribution in [0.5, 0.6) is 0 Å². The first-order valence-corrected chi connectivity index (χ1v) is 8.50. The minimum Gasteiger partial charge on any atom is -0.388 e. The number of nitrogens with zero attached hydrogens (tertiary/aromatic N) is 1. The van der Waals surface area contributed by atoms with Crippen molar-refractivity contribution in [1.82, 2.24) is 0 Å². The number of Topliss-reactive ketones (excluding diaryl/α,β-unsaturated/α-hetero) is 1. The van der Waals surface area contributed by atoms with Gasteiger partial charge in [0.25, 0.3) is 0 Å². The first-order valence-electron chi connectivity index (χ1n) is 8.50. The van der Waals surface area contributed by atoms with Crippen LogP contribution in [0.3, 0.4) is 0 Å². The average Bonchev–Trinajstić information content (AvgIpc) is 2.97. The molecule has 2 aromatic carbocycles. The van der Waals surface area contributed by atoms with Crippen molar-refractivity contribution in [2.75, 3.05) is 5.06 Å². The van der Waals surface area contributed by atoms with Crippen LogP contribution in [0.25, 0.3) is 0 Å². The summed E-state index contributed by atoms with van der Waals surface area (Å²) in [6.07, 6.45) is 1.51. The van der Waals surface area contributed by atoms with Crippen molar-refractivity contribution in [3.63, 3.8) is 0 Å². The summed E-state index contributed by atoms with van der Waals surface area (Å²) in [5, 5.41) is 12.3. The second-order valence-electron chi connectivity index (χ2n) is 6.11. The number of anilines is 1. The van der Waals surface area contributed by atoms with E-state index in [4.69, 9.17) is 4.84 Å². The quantitative estimate of drug-likeness (QED) is 0.824. The van der Waals surface area contributed by atoms with Gasteiger partial charge in [0, 0.05) is 5.56 Å². The molecule has 1 fully saturated rings. The minimum absolute atomic E-state index is 0.119. The van der Waals surface area contributed by atoms with Crippen LogP contribution < -0.4 is 5.06 Å². The second kappa shape index (κ2) is 7.60. The van der Waals surface area contributed by atoms with Crippen LogP contribution in [0.15, 0.2) is 60.7 Å².